The van der Waals surface area contributed by atoms with Gasteiger partial charge in [-0.2, -0.15) is 0 Å². The molecule has 0 radical (unpaired) electrons. The fourth-order valence-corrected chi connectivity index (χ4v) is 2.09. The molecule has 0 aromatic heterocycles. The Bertz CT molecular complexity index is 386. The number of nitrogens with two attached hydrogens (primary N) is 1. The molecule has 3 heteroatoms. The number of methoxy groups -OCH3 is 1. The first-order chi connectivity index (χ1) is 7.56. The number of benzene rings is 1. The fourth-order valence-electron chi connectivity index (χ4n) is 2.09. The summed E-state index contributed by atoms with van der Waals surface area (Å²) in [6, 6.07) is 5.64. The second-order valence-electron chi connectivity index (χ2n) is 4.69. The van der Waals surface area contributed by atoms with Gasteiger partial charge in [-0.3, -0.25) is 0 Å². The minimum atomic E-state index is -1.02. The van der Waals surface area contributed by atoms with Gasteiger partial charge in [0.1, 0.15) is 11.9 Å². The van der Waals surface area contributed by atoms with Crippen LogP contribution in [0.5, 0.6) is 5.75 Å². The third-order valence-electron chi connectivity index (χ3n) is 3.21. The molecule has 1 aromatic carbocycles. The summed E-state index contributed by atoms with van der Waals surface area (Å²) in [6.07, 6.45) is 1.79. The fraction of sp³-hybridized carbons (Fsp3) is 0.538. The maximum atomic E-state index is 13.6. The maximum absolute atomic E-state index is 13.6. The van der Waals surface area contributed by atoms with E-state index >= 15 is 0 Å². The molecule has 2 rings (SSSR count). The van der Waals surface area contributed by atoms with Gasteiger partial charge in [-0.25, -0.2) is 4.39 Å². The normalized spacial score (nSPS) is 19.2. The van der Waals surface area contributed by atoms with Crippen LogP contribution in [0.2, 0.25) is 0 Å². The van der Waals surface area contributed by atoms with Crippen LogP contribution < -0.4 is 10.5 Å². The summed E-state index contributed by atoms with van der Waals surface area (Å²) in [5.41, 5.74) is 7.61. The monoisotopic (exact) mass is 223 g/mol. The van der Waals surface area contributed by atoms with Crippen molar-refractivity contribution in [3.8, 4) is 5.75 Å². The van der Waals surface area contributed by atoms with Gasteiger partial charge in [-0.1, -0.05) is 12.1 Å². The van der Waals surface area contributed by atoms with Crippen LogP contribution >= 0.6 is 0 Å². The van der Waals surface area contributed by atoms with Crippen molar-refractivity contribution in [2.24, 2.45) is 5.73 Å². The lowest BCUT2D eigenvalue weighted by molar-refractivity contribution is 0.343. The number of hydrogen-bond acceptors (Lipinski definition) is 2. The smallest absolute Gasteiger partial charge is 0.126 e. The van der Waals surface area contributed by atoms with Gasteiger partial charge in [-0.15, -0.1) is 0 Å². The molecule has 0 heterocycles. The van der Waals surface area contributed by atoms with Crippen LogP contribution in [0, 0.1) is 0 Å². The van der Waals surface area contributed by atoms with Crippen molar-refractivity contribution >= 4 is 0 Å². The van der Waals surface area contributed by atoms with E-state index in [1.54, 1.807) is 13.2 Å². The quantitative estimate of drug-likeness (QED) is 0.851. The molecule has 0 aliphatic heterocycles. The number of alkyl halides is 1. The van der Waals surface area contributed by atoms with Crippen molar-refractivity contribution in [2.45, 2.75) is 37.9 Å². The molecule has 88 valence electrons. The average molecular weight is 223 g/mol. The zero-order valence-corrected chi connectivity index (χ0v) is 9.79. The molecular formula is C13H18FNO. The Morgan fingerprint density at radius 1 is 1.50 bits per heavy atom. The second kappa shape index (κ2) is 4.06. The lowest BCUT2D eigenvalue weighted by Crippen LogP contribution is -2.25. The topological polar surface area (TPSA) is 35.2 Å². The van der Waals surface area contributed by atoms with Gasteiger partial charge in [0.2, 0.25) is 0 Å². The van der Waals surface area contributed by atoms with E-state index in [4.69, 9.17) is 10.5 Å². The Morgan fingerprint density at radius 2 is 2.19 bits per heavy atom. The van der Waals surface area contributed by atoms with E-state index in [0.29, 0.717) is 11.3 Å². The summed E-state index contributed by atoms with van der Waals surface area (Å²) in [5, 5.41) is 0. The first-order valence-corrected chi connectivity index (χ1v) is 5.64. The van der Waals surface area contributed by atoms with Crippen LogP contribution in [-0.4, -0.2) is 12.6 Å². The highest BCUT2D eigenvalue weighted by Crippen LogP contribution is 2.39. The molecule has 1 atom stereocenters. The standard InChI is InChI=1S/C13H18FNO/c1-9(14)12-10(8-13(15)6-7-13)4-3-5-11(12)16-2/h3-5,9H,6-8,15H2,1-2H3. The van der Waals surface area contributed by atoms with E-state index in [1.807, 2.05) is 12.1 Å². The SMILES string of the molecule is COc1cccc(CC2(N)CC2)c1C(C)F. The zero-order chi connectivity index (χ0) is 11.8. The van der Waals surface area contributed by atoms with E-state index in [-0.39, 0.29) is 5.54 Å². The maximum Gasteiger partial charge on any atom is 0.126 e. The van der Waals surface area contributed by atoms with Crippen LogP contribution in [0.4, 0.5) is 4.39 Å². The molecule has 1 aromatic rings. The summed E-state index contributed by atoms with van der Waals surface area (Å²) in [6.45, 7) is 1.54. The molecule has 1 aliphatic rings. The van der Waals surface area contributed by atoms with Crippen LogP contribution in [0.25, 0.3) is 0 Å². The van der Waals surface area contributed by atoms with Gasteiger partial charge in [-0.05, 0) is 37.8 Å². The molecule has 2 N–H and O–H groups in total. The highest BCUT2D eigenvalue weighted by atomic mass is 19.1. The molecular weight excluding hydrogens is 205 g/mol. The Kier molecular flexibility index (Phi) is 2.89. The molecule has 1 fully saturated rings. The number of hydrogen-bond donors (Lipinski definition) is 1. The predicted octanol–water partition coefficient (Wildman–Crippen LogP) is 2.76. The molecule has 1 unspecified atom stereocenters. The summed E-state index contributed by atoms with van der Waals surface area (Å²) >= 11 is 0. The zero-order valence-electron chi connectivity index (χ0n) is 9.79. The van der Waals surface area contributed by atoms with E-state index in [0.717, 1.165) is 24.8 Å². The molecule has 16 heavy (non-hydrogen) atoms. The van der Waals surface area contributed by atoms with Crippen molar-refractivity contribution in [3.05, 3.63) is 29.3 Å². The molecule has 0 amide bonds. The number of ether oxygens (including phenoxy) is 1. The molecule has 1 aliphatic carbocycles. The van der Waals surface area contributed by atoms with E-state index in [2.05, 4.69) is 0 Å². The van der Waals surface area contributed by atoms with Gasteiger partial charge in [0.05, 0.1) is 7.11 Å². The third kappa shape index (κ3) is 2.19. The first kappa shape index (κ1) is 11.4. The Labute approximate surface area is 95.6 Å². The lowest BCUT2D eigenvalue weighted by atomic mass is 9.96. The number of rotatable bonds is 4. The van der Waals surface area contributed by atoms with Gasteiger partial charge in [0.15, 0.2) is 0 Å². The summed E-state index contributed by atoms with van der Waals surface area (Å²) in [4.78, 5) is 0. The Hall–Kier alpha value is -1.09. The second-order valence-corrected chi connectivity index (χ2v) is 4.69. The summed E-state index contributed by atoms with van der Waals surface area (Å²) in [5.74, 6) is 0.622. The first-order valence-electron chi connectivity index (χ1n) is 5.64. The average Bonchev–Trinajstić information content (AvgIpc) is 2.95. The molecule has 2 nitrogen and oxygen atoms in total. The van der Waals surface area contributed by atoms with E-state index in [1.165, 1.54) is 6.92 Å². The minimum absolute atomic E-state index is 0.101. The van der Waals surface area contributed by atoms with Crippen LogP contribution in [0.3, 0.4) is 0 Å². The van der Waals surface area contributed by atoms with Gasteiger partial charge < -0.3 is 10.5 Å². The third-order valence-corrected chi connectivity index (χ3v) is 3.21. The lowest BCUT2D eigenvalue weighted by Gasteiger charge is -2.17. The van der Waals surface area contributed by atoms with Crippen molar-refractivity contribution in [1.82, 2.24) is 0 Å². The summed E-state index contributed by atoms with van der Waals surface area (Å²) in [7, 11) is 1.57. The van der Waals surface area contributed by atoms with E-state index < -0.39 is 6.17 Å². The molecule has 0 bridgehead atoms. The molecule has 1 saturated carbocycles. The Balaban J connectivity index is 2.35. The predicted molar refractivity (Wildman–Crippen MR) is 62.4 cm³/mol. The van der Waals surface area contributed by atoms with Crippen molar-refractivity contribution in [1.29, 1.82) is 0 Å². The highest BCUT2D eigenvalue weighted by Gasteiger charge is 2.39. The summed E-state index contributed by atoms with van der Waals surface area (Å²) < 4.78 is 18.8. The van der Waals surface area contributed by atoms with Gasteiger partial charge >= 0.3 is 0 Å². The minimum Gasteiger partial charge on any atom is -0.496 e. The van der Waals surface area contributed by atoms with Gasteiger partial charge in [0, 0.05) is 11.1 Å². The van der Waals surface area contributed by atoms with Crippen LogP contribution in [-0.2, 0) is 6.42 Å². The van der Waals surface area contributed by atoms with Crippen LogP contribution in [0.15, 0.2) is 18.2 Å². The largest absolute Gasteiger partial charge is 0.496 e. The van der Waals surface area contributed by atoms with Crippen LogP contribution in [0.1, 0.15) is 37.1 Å². The van der Waals surface area contributed by atoms with E-state index in [9.17, 15) is 4.39 Å². The van der Waals surface area contributed by atoms with Crippen molar-refractivity contribution < 1.29 is 9.13 Å². The Morgan fingerprint density at radius 3 is 2.69 bits per heavy atom. The van der Waals surface area contributed by atoms with Crippen molar-refractivity contribution in [2.75, 3.05) is 7.11 Å². The highest BCUT2D eigenvalue weighted by molar-refractivity contribution is 5.43. The number of halogens is 1. The van der Waals surface area contributed by atoms with Gasteiger partial charge in [0.25, 0.3) is 0 Å². The molecule has 0 spiro atoms. The molecule has 0 saturated heterocycles. The van der Waals surface area contributed by atoms with Crippen molar-refractivity contribution in [3.63, 3.8) is 0 Å².